The number of hydrogen-bond donors (Lipinski definition) is 2. The molecule has 0 saturated heterocycles. The van der Waals surface area contributed by atoms with Crippen LogP contribution in [0.15, 0.2) is 4.99 Å². The maximum Gasteiger partial charge on any atom is 0.188 e. The second kappa shape index (κ2) is 5.84. The highest BCUT2D eigenvalue weighted by Crippen LogP contribution is 2.16. The maximum absolute atomic E-state index is 5.70. The van der Waals surface area contributed by atoms with Gasteiger partial charge in [-0.3, -0.25) is 4.99 Å². The average molecular weight is 240 g/mol. The van der Waals surface area contributed by atoms with E-state index >= 15 is 0 Å². The maximum atomic E-state index is 5.70. The second-order valence-electron chi connectivity index (χ2n) is 4.07. The largest absolute Gasteiger partial charge is 0.370 e. The van der Waals surface area contributed by atoms with E-state index in [4.69, 9.17) is 5.73 Å². The molecular formula is C11H20N4S. The highest BCUT2D eigenvalue weighted by Gasteiger charge is 2.02. The summed E-state index contributed by atoms with van der Waals surface area (Å²) in [7, 11) is 0. The lowest BCUT2D eigenvalue weighted by Gasteiger charge is -2.07. The van der Waals surface area contributed by atoms with Gasteiger partial charge in [-0.1, -0.05) is 0 Å². The van der Waals surface area contributed by atoms with Crippen molar-refractivity contribution in [2.24, 2.45) is 10.7 Å². The zero-order valence-electron chi connectivity index (χ0n) is 10.4. The molecule has 1 rings (SSSR count). The van der Waals surface area contributed by atoms with Crippen LogP contribution in [-0.4, -0.2) is 23.5 Å². The van der Waals surface area contributed by atoms with Crippen molar-refractivity contribution in [2.75, 3.05) is 6.54 Å². The summed E-state index contributed by atoms with van der Waals surface area (Å²) in [5.74, 6) is 0.514. The molecule has 1 aromatic rings. The predicted molar refractivity (Wildman–Crippen MR) is 70.1 cm³/mol. The molecule has 0 radical (unpaired) electrons. The summed E-state index contributed by atoms with van der Waals surface area (Å²) < 4.78 is 0. The Kier molecular flexibility index (Phi) is 4.73. The van der Waals surface area contributed by atoms with E-state index in [1.807, 2.05) is 20.8 Å². The molecule has 0 fully saturated rings. The topological polar surface area (TPSA) is 63.3 Å². The van der Waals surface area contributed by atoms with E-state index in [1.165, 1.54) is 4.88 Å². The first-order valence-corrected chi connectivity index (χ1v) is 6.30. The normalized spacial score (nSPS) is 12.2. The lowest BCUT2D eigenvalue weighted by molar-refractivity contribution is 0.723. The molecule has 0 saturated carbocycles. The van der Waals surface area contributed by atoms with Crippen LogP contribution < -0.4 is 11.1 Å². The summed E-state index contributed by atoms with van der Waals surface area (Å²) in [6.07, 6.45) is 0.861. The number of aromatic nitrogens is 1. The summed E-state index contributed by atoms with van der Waals surface area (Å²) in [4.78, 5) is 9.99. The molecular weight excluding hydrogens is 220 g/mol. The first-order chi connectivity index (χ1) is 7.49. The van der Waals surface area contributed by atoms with E-state index in [2.05, 4.69) is 22.2 Å². The molecule has 0 aliphatic carbocycles. The highest BCUT2D eigenvalue weighted by atomic mass is 32.1. The number of hydrogen-bond acceptors (Lipinski definition) is 3. The highest BCUT2D eigenvalue weighted by molar-refractivity contribution is 7.11. The van der Waals surface area contributed by atoms with Gasteiger partial charge in [0.2, 0.25) is 0 Å². The number of nitrogens with one attached hydrogen (secondary N) is 1. The molecule has 0 atom stereocenters. The number of nitrogens with two attached hydrogens (primary N) is 1. The van der Waals surface area contributed by atoms with Gasteiger partial charge in [0.15, 0.2) is 5.96 Å². The van der Waals surface area contributed by atoms with Crippen LogP contribution in [0, 0.1) is 13.8 Å². The van der Waals surface area contributed by atoms with Gasteiger partial charge in [-0.15, -0.1) is 11.3 Å². The molecule has 5 heteroatoms. The number of nitrogens with zero attached hydrogens (tertiary/aromatic N) is 2. The minimum atomic E-state index is 0.327. The smallest absolute Gasteiger partial charge is 0.188 e. The molecule has 0 unspecified atom stereocenters. The van der Waals surface area contributed by atoms with E-state index in [0.29, 0.717) is 18.5 Å². The third-order valence-electron chi connectivity index (χ3n) is 2.12. The number of aryl methyl sites for hydroxylation is 2. The third-order valence-corrected chi connectivity index (χ3v) is 3.25. The average Bonchev–Trinajstić information content (AvgIpc) is 2.44. The van der Waals surface area contributed by atoms with E-state index in [1.54, 1.807) is 11.3 Å². The van der Waals surface area contributed by atoms with Gasteiger partial charge in [0.25, 0.3) is 0 Å². The number of guanidine groups is 1. The van der Waals surface area contributed by atoms with Gasteiger partial charge in [0.05, 0.1) is 10.7 Å². The Morgan fingerprint density at radius 2 is 2.19 bits per heavy atom. The van der Waals surface area contributed by atoms with Gasteiger partial charge in [-0.2, -0.15) is 0 Å². The number of aliphatic imine (C=N–C) groups is 1. The van der Waals surface area contributed by atoms with Crippen molar-refractivity contribution in [2.45, 2.75) is 40.2 Å². The minimum absolute atomic E-state index is 0.327. The summed E-state index contributed by atoms with van der Waals surface area (Å²) in [5.41, 5.74) is 6.82. The van der Waals surface area contributed by atoms with Gasteiger partial charge in [-0.05, 0) is 27.7 Å². The van der Waals surface area contributed by atoms with Gasteiger partial charge >= 0.3 is 0 Å². The Hall–Kier alpha value is -1.10. The molecule has 4 nitrogen and oxygen atoms in total. The van der Waals surface area contributed by atoms with Crippen molar-refractivity contribution in [3.8, 4) is 0 Å². The Balaban J connectivity index is 2.40. The van der Waals surface area contributed by atoms with Crippen LogP contribution in [0.3, 0.4) is 0 Å². The Morgan fingerprint density at radius 1 is 1.50 bits per heavy atom. The predicted octanol–water partition coefficient (Wildman–Crippen LogP) is 1.62. The Labute approximate surface area is 101 Å². The quantitative estimate of drug-likeness (QED) is 0.621. The Bertz CT molecular complexity index is 349. The fraction of sp³-hybridized carbons (Fsp3) is 0.636. The second-order valence-corrected chi connectivity index (χ2v) is 5.35. The van der Waals surface area contributed by atoms with Crippen LogP contribution in [0.1, 0.15) is 29.4 Å². The summed E-state index contributed by atoms with van der Waals surface area (Å²) in [5, 5.41) is 4.19. The molecule has 90 valence electrons. The van der Waals surface area contributed by atoms with Crippen molar-refractivity contribution in [3.05, 3.63) is 15.6 Å². The molecule has 0 aliphatic rings. The molecule has 1 aromatic heterocycles. The van der Waals surface area contributed by atoms with Gasteiger partial charge in [-0.25, -0.2) is 4.98 Å². The molecule has 0 amide bonds. The van der Waals surface area contributed by atoms with E-state index in [9.17, 15) is 0 Å². The third kappa shape index (κ3) is 4.18. The van der Waals surface area contributed by atoms with Crippen molar-refractivity contribution in [1.82, 2.24) is 10.3 Å². The molecule has 0 spiro atoms. The lowest BCUT2D eigenvalue weighted by Crippen LogP contribution is -2.36. The first-order valence-electron chi connectivity index (χ1n) is 5.48. The standard InChI is InChI=1S/C11H20N4S/c1-7(2)14-11(12)13-6-5-10-15-8(3)9(4)16-10/h7H,5-6H2,1-4H3,(H3,12,13,14). The van der Waals surface area contributed by atoms with Crippen LogP contribution in [0.4, 0.5) is 0 Å². The van der Waals surface area contributed by atoms with Crippen molar-refractivity contribution in [3.63, 3.8) is 0 Å². The monoisotopic (exact) mass is 240 g/mol. The van der Waals surface area contributed by atoms with Crippen molar-refractivity contribution < 1.29 is 0 Å². The van der Waals surface area contributed by atoms with E-state index in [0.717, 1.165) is 17.1 Å². The molecule has 0 bridgehead atoms. The molecule has 0 aromatic carbocycles. The van der Waals surface area contributed by atoms with Crippen LogP contribution in [0.25, 0.3) is 0 Å². The number of rotatable bonds is 4. The van der Waals surface area contributed by atoms with Gasteiger partial charge in [0, 0.05) is 23.9 Å². The fourth-order valence-corrected chi connectivity index (χ4v) is 2.18. The number of thiazole rings is 1. The SMILES string of the molecule is Cc1nc(CCN=C(N)NC(C)C)sc1C. The first kappa shape index (κ1) is 13.0. The van der Waals surface area contributed by atoms with Crippen molar-refractivity contribution >= 4 is 17.3 Å². The Morgan fingerprint density at radius 3 is 2.69 bits per heavy atom. The molecule has 0 aliphatic heterocycles. The van der Waals surface area contributed by atoms with E-state index in [-0.39, 0.29) is 0 Å². The minimum Gasteiger partial charge on any atom is -0.370 e. The van der Waals surface area contributed by atoms with Crippen molar-refractivity contribution in [1.29, 1.82) is 0 Å². The molecule has 1 heterocycles. The summed E-state index contributed by atoms with van der Waals surface area (Å²) in [6, 6.07) is 0.327. The molecule has 3 N–H and O–H groups in total. The van der Waals surface area contributed by atoms with Crippen LogP contribution in [0.5, 0.6) is 0 Å². The zero-order chi connectivity index (χ0) is 12.1. The zero-order valence-corrected chi connectivity index (χ0v) is 11.2. The molecule has 16 heavy (non-hydrogen) atoms. The fourth-order valence-electron chi connectivity index (χ4n) is 1.26. The van der Waals surface area contributed by atoms with Crippen LogP contribution in [0.2, 0.25) is 0 Å². The van der Waals surface area contributed by atoms with Crippen LogP contribution in [-0.2, 0) is 6.42 Å². The van der Waals surface area contributed by atoms with E-state index < -0.39 is 0 Å². The van der Waals surface area contributed by atoms with Gasteiger partial charge in [0.1, 0.15) is 0 Å². The van der Waals surface area contributed by atoms with Crippen LogP contribution >= 0.6 is 11.3 Å². The van der Waals surface area contributed by atoms with Gasteiger partial charge < -0.3 is 11.1 Å². The summed E-state index contributed by atoms with van der Waals surface area (Å²) in [6.45, 7) is 8.89. The lowest BCUT2D eigenvalue weighted by atomic mass is 10.4. The summed E-state index contributed by atoms with van der Waals surface area (Å²) >= 11 is 1.74.